The molecule has 13 heavy (non-hydrogen) atoms. The van der Waals surface area contributed by atoms with E-state index < -0.39 is 10.8 Å². The van der Waals surface area contributed by atoms with E-state index in [2.05, 4.69) is 12.2 Å². The lowest BCUT2D eigenvalue weighted by Gasteiger charge is -2.30. The van der Waals surface area contributed by atoms with Crippen molar-refractivity contribution >= 4 is 10.8 Å². The fourth-order valence-corrected chi connectivity index (χ4v) is 3.79. The summed E-state index contributed by atoms with van der Waals surface area (Å²) in [5.74, 6) is 0. The zero-order chi connectivity index (χ0) is 9.26. The number of nitrogens with one attached hydrogen (secondary N) is 1. The predicted octanol–water partition coefficient (Wildman–Crippen LogP) is 0.274. The maximum absolute atomic E-state index is 12.0. The van der Waals surface area contributed by atoms with E-state index in [1.54, 1.807) is 0 Å². The molecule has 0 saturated carbocycles. The van der Waals surface area contributed by atoms with Crippen LogP contribution in [0.4, 0.5) is 0 Å². The number of hydrogen-bond donors (Lipinski definition) is 1. The summed E-state index contributed by atoms with van der Waals surface area (Å²) in [6.45, 7) is 4.58. The molecule has 1 N–H and O–H groups in total. The standard InChI is InChI=1S/C9H17NO2S/c1-7-2-4-10-8-3-5-12-6-9(8)13(7)11/h7-10H,2-6H2,1H3. The van der Waals surface area contributed by atoms with E-state index in [1.807, 2.05) is 0 Å². The molecule has 4 atom stereocenters. The van der Waals surface area contributed by atoms with Gasteiger partial charge >= 0.3 is 0 Å². The Hall–Kier alpha value is 0.0700. The van der Waals surface area contributed by atoms with E-state index in [0.29, 0.717) is 17.9 Å². The first-order chi connectivity index (χ1) is 6.29. The fourth-order valence-electron chi connectivity index (χ4n) is 2.06. The SMILES string of the molecule is CC1CCNC2CCOCC2S1=O. The van der Waals surface area contributed by atoms with Crippen LogP contribution in [0.5, 0.6) is 0 Å². The number of rotatable bonds is 0. The molecule has 2 rings (SSSR count). The molecule has 3 nitrogen and oxygen atoms in total. The lowest BCUT2D eigenvalue weighted by atomic mass is 10.1. The van der Waals surface area contributed by atoms with Crippen LogP contribution in [0, 0.1) is 0 Å². The van der Waals surface area contributed by atoms with Gasteiger partial charge in [-0.05, 0) is 19.4 Å². The molecule has 4 heteroatoms. The molecule has 2 aliphatic rings. The van der Waals surface area contributed by atoms with E-state index in [0.717, 1.165) is 26.0 Å². The summed E-state index contributed by atoms with van der Waals surface area (Å²) in [4.78, 5) is 0. The van der Waals surface area contributed by atoms with Crippen molar-refractivity contribution < 1.29 is 8.95 Å². The topological polar surface area (TPSA) is 38.3 Å². The average molecular weight is 203 g/mol. The van der Waals surface area contributed by atoms with Crippen molar-refractivity contribution in [3.63, 3.8) is 0 Å². The van der Waals surface area contributed by atoms with E-state index in [1.165, 1.54) is 0 Å². The van der Waals surface area contributed by atoms with Gasteiger partial charge < -0.3 is 10.1 Å². The smallest absolute Gasteiger partial charge is 0.0738 e. The van der Waals surface area contributed by atoms with Crippen LogP contribution in [0.2, 0.25) is 0 Å². The summed E-state index contributed by atoms with van der Waals surface area (Å²) in [5, 5.41) is 4.02. The number of ether oxygens (including phenoxy) is 1. The molecular formula is C9H17NO2S. The van der Waals surface area contributed by atoms with Gasteiger partial charge in [0.15, 0.2) is 0 Å². The summed E-state index contributed by atoms with van der Waals surface area (Å²) in [7, 11) is -0.706. The molecule has 0 spiro atoms. The highest BCUT2D eigenvalue weighted by molar-refractivity contribution is 7.86. The molecular weight excluding hydrogens is 186 g/mol. The largest absolute Gasteiger partial charge is 0.380 e. The van der Waals surface area contributed by atoms with Gasteiger partial charge in [-0.2, -0.15) is 0 Å². The van der Waals surface area contributed by atoms with Crippen LogP contribution in [-0.4, -0.2) is 40.5 Å². The van der Waals surface area contributed by atoms with Crippen molar-refractivity contribution in [1.29, 1.82) is 0 Å². The van der Waals surface area contributed by atoms with Crippen LogP contribution in [-0.2, 0) is 15.5 Å². The molecule has 0 aromatic carbocycles. The fraction of sp³-hybridized carbons (Fsp3) is 1.00. The Kier molecular flexibility index (Phi) is 3.01. The molecule has 2 aliphatic heterocycles. The van der Waals surface area contributed by atoms with Gasteiger partial charge in [0.25, 0.3) is 0 Å². The highest BCUT2D eigenvalue weighted by Crippen LogP contribution is 2.20. The third-order valence-corrected chi connectivity index (χ3v) is 5.05. The van der Waals surface area contributed by atoms with Gasteiger partial charge in [-0.3, -0.25) is 4.21 Å². The number of fused-ring (bicyclic) bond motifs is 1. The van der Waals surface area contributed by atoms with Crippen molar-refractivity contribution in [2.45, 2.75) is 36.3 Å². The Morgan fingerprint density at radius 3 is 3.15 bits per heavy atom. The van der Waals surface area contributed by atoms with E-state index in [9.17, 15) is 4.21 Å². The second kappa shape index (κ2) is 4.07. The van der Waals surface area contributed by atoms with Crippen molar-refractivity contribution in [2.24, 2.45) is 0 Å². The molecule has 0 radical (unpaired) electrons. The highest BCUT2D eigenvalue weighted by Gasteiger charge is 2.34. The molecule has 0 aromatic heterocycles. The van der Waals surface area contributed by atoms with Gasteiger partial charge in [0.2, 0.25) is 0 Å². The van der Waals surface area contributed by atoms with Crippen LogP contribution in [0.3, 0.4) is 0 Å². The average Bonchev–Trinajstić information content (AvgIpc) is 2.29. The van der Waals surface area contributed by atoms with Crippen LogP contribution in [0.15, 0.2) is 0 Å². The molecule has 2 fully saturated rings. The molecule has 2 heterocycles. The maximum atomic E-state index is 12.0. The molecule has 0 amide bonds. The van der Waals surface area contributed by atoms with Gasteiger partial charge in [0, 0.05) is 28.7 Å². The third-order valence-electron chi connectivity index (χ3n) is 2.96. The first-order valence-electron chi connectivity index (χ1n) is 4.99. The van der Waals surface area contributed by atoms with Gasteiger partial charge in [0.05, 0.1) is 11.9 Å². The van der Waals surface area contributed by atoms with E-state index in [-0.39, 0.29) is 5.25 Å². The zero-order valence-electron chi connectivity index (χ0n) is 7.99. The summed E-state index contributed by atoms with van der Waals surface area (Å²) < 4.78 is 17.4. The third kappa shape index (κ3) is 1.95. The lowest BCUT2D eigenvalue weighted by Crippen LogP contribution is -2.47. The molecule has 2 saturated heterocycles. The van der Waals surface area contributed by atoms with E-state index >= 15 is 0 Å². The molecule has 4 unspecified atom stereocenters. The Labute approximate surface area is 81.7 Å². The first-order valence-corrected chi connectivity index (χ1v) is 6.27. The van der Waals surface area contributed by atoms with Crippen molar-refractivity contribution in [1.82, 2.24) is 5.32 Å². The monoisotopic (exact) mass is 203 g/mol. The minimum absolute atomic E-state index is 0.228. The Morgan fingerprint density at radius 2 is 2.31 bits per heavy atom. The minimum atomic E-state index is -0.706. The Bertz CT molecular complexity index is 210. The van der Waals surface area contributed by atoms with Crippen molar-refractivity contribution in [2.75, 3.05) is 19.8 Å². The zero-order valence-corrected chi connectivity index (χ0v) is 8.81. The van der Waals surface area contributed by atoms with Crippen LogP contribution >= 0.6 is 0 Å². The summed E-state index contributed by atoms with van der Waals surface area (Å²) in [6.07, 6.45) is 2.04. The van der Waals surface area contributed by atoms with Crippen molar-refractivity contribution in [3.8, 4) is 0 Å². The predicted molar refractivity (Wildman–Crippen MR) is 53.2 cm³/mol. The molecule has 0 aromatic rings. The van der Waals surface area contributed by atoms with Gasteiger partial charge in [-0.1, -0.05) is 6.92 Å². The quantitative estimate of drug-likeness (QED) is 0.614. The van der Waals surface area contributed by atoms with Crippen LogP contribution in [0.25, 0.3) is 0 Å². The second-order valence-electron chi connectivity index (χ2n) is 3.89. The highest BCUT2D eigenvalue weighted by atomic mass is 32.2. The summed E-state index contributed by atoms with van der Waals surface area (Å²) in [6, 6.07) is 0.430. The summed E-state index contributed by atoms with van der Waals surface area (Å²) in [5.41, 5.74) is 0. The first kappa shape index (κ1) is 9.62. The molecule has 0 aliphatic carbocycles. The number of hydrogen-bond acceptors (Lipinski definition) is 3. The second-order valence-corrected chi connectivity index (χ2v) is 5.96. The van der Waals surface area contributed by atoms with Gasteiger partial charge in [-0.15, -0.1) is 0 Å². The summed E-state index contributed by atoms with van der Waals surface area (Å²) >= 11 is 0. The molecule has 0 bridgehead atoms. The van der Waals surface area contributed by atoms with Crippen molar-refractivity contribution in [3.05, 3.63) is 0 Å². The van der Waals surface area contributed by atoms with E-state index in [4.69, 9.17) is 4.74 Å². The van der Waals surface area contributed by atoms with Gasteiger partial charge in [0.1, 0.15) is 0 Å². The van der Waals surface area contributed by atoms with Crippen LogP contribution in [0.1, 0.15) is 19.8 Å². The minimum Gasteiger partial charge on any atom is -0.380 e. The van der Waals surface area contributed by atoms with Gasteiger partial charge in [-0.25, -0.2) is 0 Å². The Morgan fingerprint density at radius 1 is 1.46 bits per heavy atom. The lowest BCUT2D eigenvalue weighted by molar-refractivity contribution is 0.0830. The Balaban J connectivity index is 2.11. The van der Waals surface area contributed by atoms with Crippen LogP contribution < -0.4 is 5.32 Å². The molecule has 76 valence electrons. The maximum Gasteiger partial charge on any atom is 0.0738 e. The normalized spacial score (nSPS) is 46.5.